The molecule has 7 aromatic rings. The van der Waals surface area contributed by atoms with Crippen molar-refractivity contribution < 1.29 is 53.8 Å². The summed E-state index contributed by atoms with van der Waals surface area (Å²) >= 11 is 0. The fraction of sp³-hybridized carbons (Fsp3) is 0. The number of nitro groups is 2. The van der Waals surface area contributed by atoms with Crippen LogP contribution in [0.2, 0.25) is 0 Å². The number of aromatic amines is 2. The molecule has 0 saturated carbocycles. The lowest BCUT2D eigenvalue weighted by Gasteiger charge is -2.10. The van der Waals surface area contributed by atoms with Crippen molar-refractivity contribution in [3.63, 3.8) is 0 Å². The molecule has 0 atom stereocenters. The van der Waals surface area contributed by atoms with Gasteiger partial charge in [0, 0.05) is 68.6 Å². The highest BCUT2D eigenvalue weighted by Crippen LogP contribution is 2.42. The molecule has 0 spiro atoms. The number of hydrogen-bond donors (Lipinski definition) is 2. The van der Waals surface area contributed by atoms with Gasteiger partial charge in [-0.15, -0.1) is 0 Å². The van der Waals surface area contributed by atoms with E-state index in [0.29, 0.717) is 0 Å². The quantitative estimate of drug-likeness (QED) is 0.0559. The molecule has 2 N–H and O–H groups in total. The summed E-state index contributed by atoms with van der Waals surface area (Å²) in [7, 11) is 0. The first-order chi connectivity index (χ1) is 30.5. The van der Waals surface area contributed by atoms with Gasteiger partial charge in [0.15, 0.2) is 46.5 Å². The average Bonchev–Trinajstić information content (AvgIpc) is 4.14. The van der Waals surface area contributed by atoms with E-state index in [4.69, 9.17) is 0 Å². The minimum atomic E-state index is -2.44. The number of hydrogen-bond acceptors (Lipinski definition) is 6. The van der Waals surface area contributed by atoms with Gasteiger partial charge in [0.25, 0.3) is 11.4 Å². The van der Waals surface area contributed by atoms with E-state index in [1.165, 1.54) is 60.7 Å². The van der Waals surface area contributed by atoms with Gasteiger partial charge in [0.2, 0.25) is 11.6 Å². The zero-order valence-electron chi connectivity index (χ0n) is 31.4. The number of nitro benzene ring substituents is 2. The van der Waals surface area contributed by atoms with E-state index >= 15 is 17.6 Å². The van der Waals surface area contributed by atoms with E-state index in [1.54, 1.807) is 0 Å². The Bertz CT molecular complexity index is 3170. The number of non-ortho nitro benzene ring substituents is 2. The molecule has 0 unspecified atom stereocenters. The monoisotopic (exact) mass is 884 g/mol. The maximum Gasteiger partial charge on any atom is 0.269 e. The molecule has 8 bridgehead atoms. The van der Waals surface area contributed by atoms with Crippen LogP contribution in [-0.4, -0.2) is 29.8 Å². The minimum absolute atomic E-state index is 0.00475. The van der Waals surface area contributed by atoms with Crippen molar-refractivity contribution in [2.75, 3.05) is 0 Å². The Labute approximate surface area is 349 Å². The molecule has 2 aliphatic rings. The highest BCUT2D eigenvalue weighted by atomic mass is 19.2. The van der Waals surface area contributed by atoms with Crippen molar-refractivity contribution in [3.8, 4) is 44.5 Å². The summed E-state index contributed by atoms with van der Waals surface area (Å²) < 4.78 is 152. The largest absolute Gasteiger partial charge is 0.354 e. The Morgan fingerprint density at radius 2 is 0.594 bits per heavy atom. The van der Waals surface area contributed by atoms with Gasteiger partial charge in [-0.2, -0.15) is 0 Å². The number of fused-ring (bicyclic) bond motifs is 8. The topological polar surface area (TPSA) is 144 Å². The molecule has 5 heterocycles. The molecule has 0 fully saturated rings. The van der Waals surface area contributed by atoms with Crippen LogP contribution in [0.1, 0.15) is 22.8 Å². The van der Waals surface area contributed by atoms with Crippen LogP contribution in [0.5, 0.6) is 0 Å². The number of nitrogens with one attached hydrogen (secondary N) is 2. The van der Waals surface area contributed by atoms with Crippen LogP contribution in [-0.2, 0) is 0 Å². The van der Waals surface area contributed by atoms with Gasteiger partial charge >= 0.3 is 0 Å². The molecule has 0 aliphatic carbocycles. The minimum Gasteiger partial charge on any atom is -0.354 e. The lowest BCUT2D eigenvalue weighted by atomic mass is 10.0. The van der Waals surface area contributed by atoms with Crippen molar-refractivity contribution in [1.82, 2.24) is 19.9 Å². The Morgan fingerprint density at radius 3 is 0.875 bits per heavy atom. The first kappa shape index (κ1) is 41.0. The van der Waals surface area contributed by atoms with Crippen LogP contribution >= 0.6 is 0 Å². The maximum atomic E-state index is 15.9. The maximum absolute atomic E-state index is 15.9. The van der Waals surface area contributed by atoms with Gasteiger partial charge in [-0.05, 0) is 84.0 Å². The van der Waals surface area contributed by atoms with Crippen molar-refractivity contribution in [3.05, 3.63) is 174 Å². The number of halogens is 10. The summed E-state index contributed by atoms with van der Waals surface area (Å²) in [6, 6.07) is 14.4. The highest BCUT2D eigenvalue weighted by Gasteiger charge is 2.32. The molecular weight excluding hydrogens is 867 g/mol. The highest BCUT2D eigenvalue weighted by molar-refractivity contribution is 6.00. The van der Waals surface area contributed by atoms with E-state index in [9.17, 15) is 46.6 Å². The van der Waals surface area contributed by atoms with Gasteiger partial charge < -0.3 is 9.97 Å². The van der Waals surface area contributed by atoms with E-state index in [1.807, 2.05) is 0 Å². The predicted octanol–water partition coefficient (Wildman–Crippen LogP) is 12.5. The standard InChI is InChI=1S/C44H18F10N6O4/c45-35-33(36(46)40(50)43(53)39(35)49)31-25-13-9-21(55-25)29(17-1-5-19(6-2-17)59(61)62)22-10-14-26(56-22)32(34-37(47)41(51)44(54)42(52)38(34)48)28-16-12-24(58-28)30(23-11-15-27(31)57-23)18-3-7-20(8-4-18)60(63)64/h1-16,55,58H. The molecular formula is C44H18F10N6O4. The third kappa shape index (κ3) is 6.45. The molecule has 4 aromatic carbocycles. The third-order valence-corrected chi connectivity index (χ3v) is 10.4. The van der Waals surface area contributed by atoms with E-state index in [0.717, 1.165) is 36.4 Å². The van der Waals surface area contributed by atoms with Gasteiger partial charge in [-0.25, -0.2) is 53.9 Å². The van der Waals surface area contributed by atoms with E-state index < -0.39 is 102 Å². The van der Waals surface area contributed by atoms with E-state index in [-0.39, 0.29) is 67.1 Å². The molecule has 20 heteroatoms. The Morgan fingerprint density at radius 1 is 0.344 bits per heavy atom. The summed E-state index contributed by atoms with van der Waals surface area (Å²) in [4.78, 5) is 36.5. The third-order valence-electron chi connectivity index (χ3n) is 10.4. The normalized spacial score (nSPS) is 12.0. The second-order valence-electron chi connectivity index (χ2n) is 14.0. The molecule has 9 rings (SSSR count). The van der Waals surface area contributed by atoms with Gasteiger partial charge in [0.1, 0.15) is 0 Å². The van der Waals surface area contributed by atoms with Crippen LogP contribution in [0.15, 0.2) is 72.8 Å². The van der Waals surface area contributed by atoms with Crippen LogP contribution in [0, 0.1) is 78.4 Å². The van der Waals surface area contributed by atoms with Crippen molar-refractivity contribution in [2.24, 2.45) is 0 Å². The summed E-state index contributed by atoms with van der Waals surface area (Å²) in [5.74, 6) is -22.9. The number of aromatic nitrogens is 4. The average molecular weight is 885 g/mol. The Balaban J connectivity index is 1.52. The molecule has 0 amide bonds. The lowest BCUT2D eigenvalue weighted by molar-refractivity contribution is -0.385. The molecule has 0 saturated heterocycles. The first-order valence-electron chi connectivity index (χ1n) is 18.2. The van der Waals surface area contributed by atoms with Gasteiger partial charge in [-0.3, -0.25) is 20.2 Å². The molecule has 0 radical (unpaired) electrons. The SMILES string of the molecule is O=[N+]([O-])c1ccc(-c2c3nc(c(-c4c(F)c(F)c(F)c(F)c4F)c4ccc([nH]4)c(-c4ccc([N+](=O)[O-])cc4)c4nc(c(-c5c(F)c(F)c(F)c(F)c5F)c5ccc2[nH]5)C=C4)C=C3)cc1. The fourth-order valence-electron chi connectivity index (χ4n) is 7.49. The van der Waals surface area contributed by atoms with Crippen LogP contribution in [0.3, 0.4) is 0 Å². The summed E-state index contributed by atoms with van der Waals surface area (Å²) in [6.45, 7) is 0. The molecule has 3 aromatic heterocycles. The number of rotatable bonds is 6. The lowest BCUT2D eigenvalue weighted by Crippen LogP contribution is -2.05. The zero-order chi connectivity index (χ0) is 45.5. The van der Waals surface area contributed by atoms with E-state index in [2.05, 4.69) is 19.9 Å². The van der Waals surface area contributed by atoms with Gasteiger partial charge in [-0.1, -0.05) is 0 Å². The summed E-state index contributed by atoms with van der Waals surface area (Å²) in [5, 5.41) is 23.1. The Hall–Kier alpha value is -8.42. The molecule has 10 nitrogen and oxygen atoms in total. The zero-order valence-corrected chi connectivity index (χ0v) is 31.4. The number of H-pyrrole nitrogens is 2. The second-order valence-corrected chi connectivity index (χ2v) is 14.0. The fourth-order valence-corrected chi connectivity index (χ4v) is 7.49. The Kier molecular flexibility index (Phi) is 9.72. The van der Waals surface area contributed by atoms with Crippen LogP contribution in [0.25, 0.3) is 90.9 Å². The summed E-state index contributed by atoms with van der Waals surface area (Å²) in [5.41, 5.74) is -6.30. The smallest absolute Gasteiger partial charge is 0.269 e. The number of nitrogens with zero attached hydrogens (tertiary/aromatic N) is 4. The second kappa shape index (κ2) is 15.2. The van der Waals surface area contributed by atoms with Crippen LogP contribution in [0.4, 0.5) is 55.3 Å². The number of benzene rings is 4. The van der Waals surface area contributed by atoms with Gasteiger partial charge in [0.05, 0.1) is 43.7 Å². The predicted molar refractivity (Wildman–Crippen MR) is 213 cm³/mol. The first-order valence-corrected chi connectivity index (χ1v) is 18.2. The van der Waals surface area contributed by atoms with Crippen LogP contribution < -0.4 is 0 Å². The molecule has 318 valence electrons. The summed E-state index contributed by atoms with van der Waals surface area (Å²) in [6.07, 6.45) is 4.84. The molecule has 2 aliphatic heterocycles. The van der Waals surface area contributed by atoms with Crippen molar-refractivity contribution in [2.45, 2.75) is 0 Å². The van der Waals surface area contributed by atoms with Crippen molar-refractivity contribution in [1.29, 1.82) is 0 Å². The van der Waals surface area contributed by atoms with Crippen molar-refractivity contribution >= 4 is 57.7 Å². The molecule has 64 heavy (non-hydrogen) atoms.